The number of hydrogen-bond donors (Lipinski definition) is 1. The molecule has 1 amide bonds. The van der Waals surface area contributed by atoms with Crippen molar-refractivity contribution in [2.45, 2.75) is 52.3 Å². The second kappa shape index (κ2) is 6.80. The summed E-state index contributed by atoms with van der Waals surface area (Å²) < 4.78 is 45.1. The minimum absolute atomic E-state index is 0.0942. The standard InChI is InChI=1S/C16H24F3NO4/c1-9-11-6-10(15(11,2)3)7-12(9)24-13(21)4-5-20-14(22)23-8-16(17,18)19/h9-12H,4-8H2,1-3H3,(H,20,22)/t9-,10+,11+,12-/m0/s1. The van der Waals surface area contributed by atoms with Crippen LogP contribution in [0.5, 0.6) is 0 Å². The van der Waals surface area contributed by atoms with Crippen molar-refractivity contribution in [3.8, 4) is 0 Å². The maximum atomic E-state index is 11.9. The summed E-state index contributed by atoms with van der Waals surface area (Å²) >= 11 is 0. The van der Waals surface area contributed by atoms with Gasteiger partial charge in [-0.15, -0.1) is 0 Å². The largest absolute Gasteiger partial charge is 0.462 e. The molecule has 0 aromatic carbocycles. The first-order chi connectivity index (χ1) is 11.0. The molecule has 0 heterocycles. The average Bonchev–Trinajstić information content (AvgIpc) is 2.46. The van der Waals surface area contributed by atoms with Gasteiger partial charge in [-0.05, 0) is 36.0 Å². The monoisotopic (exact) mass is 351 g/mol. The molecule has 4 atom stereocenters. The van der Waals surface area contributed by atoms with Gasteiger partial charge in [0.05, 0.1) is 6.42 Å². The lowest BCUT2D eigenvalue weighted by molar-refractivity contribution is -0.186. The topological polar surface area (TPSA) is 64.6 Å². The average molecular weight is 351 g/mol. The molecular formula is C16H24F3NO4. The predicted molar refractivity (Wildman–Crippen MR) is 79.1 cm³/mol. The Morgan fingerprint density at radius 1 is 1.25 bits per heavy atom. The Morgan fingerprint density at radius 3 is 2.46 bits per heavy atom. The summed E-state index contributed by atoms with van der Waals surface area (Å²) in [4.78, 5) is 22.9. The van der Waals surface area contributed by atoms with Crippen LogP contribution in [0.15, 0.2) is 0 Å². The van der Waals surface area contributed by atoms with Crippen LogP contribution in [0.4, 0.5) is 18.0 Å². The van der Waals surface area contributed by atoms with Crippen molar-refractivity contribution < 1.29 is 32.2 Å². The van der Waals surface area contributed by atoms with Crippen LogP contribution in [0.25, 0.3) is 0 Å². The highest BCUT2D eigenvalue weighted by atomic mass is 19.4. The zero-order valence-corrected chi connectivity index (χ0v) is 14.1. The quantitative estimate of drug-likeness (QED) is 0.772. The Bertz CT molecular complexity index is 492. The van der Waals surface area contributed by atoms with E-state index in [1.165, 1.54) is 6.42 Å². The van der Waals surface area contributed by atoms with Gasteiger partial charge in [-0.3, -0.25) is 4.79 Å². The third-order valence-electron chi connectivity index (χ3n) is 5.53. The second-order valence-corrected chi connectivity index (χ2v) is 7.35. The summed E-state index contributed by atoms with van der Waals surface area (Å²) in [6.45, 7) is 4.82. The highest BCUT2D eigenvalue weighted by Gasteiger charge is 2.57. The lowest BCUT2D eigenvalue weighted by Gasteiger charge is -2.61. The van der Waals surface area contributed by atoms with E-state index in [1.807, 2.05) is 0 Å². The van der Waals surface area contributed by atoms with E-state index < -0.39 is 24.8 Å². The van der Waals surface area contributed by atoms with Crippen LogP contribution in [0.2, 0.25) is 0 Å². The number of nitrogens with one attached hydrogen (secondary N) is 1. The number of alkyl carbamates (subject to hydrolysis) is 1. The van der Waals surface area contributed by atoms with Gasteiger partial charge < -0.3 is 14.8 Å². The molecule has 0 saturated heterocycles. The number of halogens is 3. The van der Waals surface area contributed by atoms with Gasteiger partial charge in [-0.1, -0.05) is 20.8 Å². The number of fused-ring (bicyclic) bond motifs is 2. The summed E-state index contributed by atoms with van der Waals surface area (Å²) in [5, 5.41) is 2.10. The van der Waals surface area contributed by atoms with E-state index >= 15 is 0 Å². The first-order valence-corrected chi connectivity index (χ1v) is 8.17. The molecule has 1 N–H and O–H groups in total. The van der Waals surface area contributed by atoms with Crippen LogP contribution in [0.1, 0.15) is 40.0 Å². The number of carbonyl (C=O) groups is 2. The van der Waals surface area contributed by atoms with Crippen molar-refractivity contribution in [1.29, 1.82) is 0 Å². The number of esters is 1. The first-order valence-electron chi connectivity index (χ1n) is 8.17. The van der Waals surface area contributed by atoms with Crippen molar-refractivity contribution in [2.75, 3.05) is 13.2 Å². The van der Waals surface area contributed by atoms with E-state index in [4.69, 9.17) is 4.74 Å². The van der Waals surface area contributed by atoms with Crippen LogP contribution < -0.4 is 5.32 Å². The Hall–Kier alpha value is -1.47. The third-order valence-corrected chi connectivity index (χ3v) is 5.53. The fraction of sp³-hybridized carbons (Fsp3) is 0.875. The smallest absolute Gasteiger partial charge is 0.422 e. The van der Waals surface area contributed by atoms with Gasteiger partial charge in [0.1, 0.15) is 6.10 Å². The van der Waals surface area contributed by atoms with Gasteiger partial charge in [0.25, 0.3) is 0 Å². The van der Waals surface area contributed by atoms with E-state index in [9.17, 15) is 22.8 Å². The highest BCUT2D eigenvalue weighted by Crippen LogP contribution is 2.61. The van der Waals surface area contributed by atoms with Crippen LogP contribution in [0, 0.1) is 23.2 Å². The summed E-state index contributed by atoms with van der Waals surface area (Å²) in [5.74, 6) is 0.942. The molecule has 24 heavy (non-hydrogen) atoms. The molecule has 0 aliphatic heterocycles. The van der Waals surface area contributed by atoms with Crippen LogP contribution in [-0.2, 0) is 14.3 Å². The molecule has 0 aromatic rings. The molecule has 138 valence electrons. The zero-order chi connectivity index (χ0) is 18.1. The molecular weight excluding hydrogens is 327 g/mol. The number of amides is 1. The summed E-state index contributed by atoms with van der Waals surface area (Å²) in [6.07, 6.45) is -3.96. The molecule has 2 bridgehead atoms. The van der Waals surface area contributed by atoms with E-state index in [0.29, 0.717) is 23.2 Å². The Balaban J connectivity index is 1.65. The SMILES string of the molecule is C[C@@H]1[C@@H](OC(=O)CCNC(=O)OCC(F)(F)F)C[C@H]2C[C@H]1C2(C)C. The van der Waals surface area contributed by atoms with Crippen LogP contribution >= 0.6 is 0 Å². The molecule has 0 unspecified atom stereocenters. The van der Waals surface area contributed by atoms with Gasteiger partial charge in [0, 0.05) is 6.54 Å². The van der Waals surface area contributed by atoms with Crippen LogP contribution in [-0.4, -0.2) is 37.5 Å². The summed E-state index contributed by atoms with van der Waals surface area (Å²) in [7, 11) is 0. The van der Waals surface area contributed by atoms with Gasteiger partial charge >= 0.3 is 18.2 Å². The normalized spacial score (nSPS) is 30.9. The van der Waals surface area contributed by atoms with Crippen molar-refractivity contribution in [2.24, 2.45) is 23.2 Å². The minimum Gasteiger partial charge on any atom is -0.462 e. The molecule has 3 saturated carbocycles. The molecule has 5 nitrogen and oxygen atoms in total. The van der Waals surface area contributed by atoms with Gasteiger partial charge in [0.2, 0.25) is 0 Å². The number of carbonyl (C=O) groups excluding carboxylic acids is 2. The molecule has 8 heteroatoms. The maximum Gasteiger partial charge on any atom is 0.422 e. The number of ether oxygens (including phenoxy) is 2. The summed E-state index contributed by atoms with van der Waals surface area (Å²) in [6, 6.07) is 0. The maximum absolute atomic E-state index is 11.9. The van der Waals surface area contributed by atoms with E-state index in [2.05, 4.69) is 30.8 Å². The zero-order valence-electron chi connectivity index (χ0n) is 14.1. The molecule has 0 spiro atoms. The lowest BCUT2D eigenvalue weighted by atomic mass is 9.45. The minimum atomic E-state index is -4.57. The third kappa shape index (κ3) is 4.33. The first kappa shape index (κ1) is 18.9. The van der Waals surface area contributed by atoms with E-state index in [1.54, 1.807) is 0 Å². The Kier molecular flexibility index (Phi) is 5.34. The fourth-order valence-corrected chi connectivity index (χ4v) is 3.95. The number of alkyl halides is 3. The van der Waals surface area contributed by atoms with Crippen molar-refractivity contribution in [3.63, 3.8) is 0 Å². The Labute approximate surface area is 139 Å². The molecule has 3 rings (SSSR count). The molecule has 0 radical (unpaired) electrons. The van der Waals surface area contributed by atoms with Crippen molar-refractivity contribution in [1.82, 2.24) is 5.32 Å². The molecule has 3 aliphatic rings. The van der Waals surface area contributed by atoms with Crippen molar-refractivity contribution >= 4 is 12.1 Å². The number of hydrogen-bond acceptors (Lipinski definition) is 4. The summed E-state index contributed by atoms with van der Waals surface area (Å²) in [5.41, 5.74) is 0.298. The van der Waals surface area contributed by atoms with E-state index in [-0.39, 0.29) is 19.1 Å². The predicted octanol–water partition coefficient (Wildman–Crippen LogP) is 3.28. The molecule has 0 aromatic heterocycles. The van der Waals surface area contributed by atoms with Crippen molar-refractivity contribution in [3.05, 3.63) is 0 Å². The van der Waals surface area contributed by atoms with Gasteiger partial charge in [-0.2, -0.15) is 13.2 Å². The second-order valence-electron chi connectivity index (χ2n) is 7.35. The van der Waals surface area contributed by atoms with Gasteiger partial charge in [-0.25, -0.2) is 4.79 Å². The number of rotatable bonds is 5. The van der Waals surface area contributed by atoms with E-state index in [0.717, 1.165) is 6.42 Å². The highest BCUT2D eigenvalue weighted by molar-refractivity contribution is 5.72. The Morgan fingerprint density at radius 2 is 1.92 bits per heavy atom. The lowest BCUT2D eigenvalue weighted by Crippen LogP contribution is -2.57. The van der Waals surface area contributed by atoms with Crippen LogP contribution in [0.3, 0.4) is 0 Å². The molecule has 3 aliphatic carbocycles. The van der Waals surface area contributed by atoms with Gasteiger partial charge in [0.15, 0.2) is 6.61 Å². The molecule has 3 fully saturated rings. The fourth-order valence-electron chi connectivity index (χ4n) is 3.95.